The Morgan fingerprint density at radius 2 is 2.05 bits per heavy atom. The van der Waals surface area contributed by atoms with Gasteiger partial charge in [-0.2, -0.15) is 0 Å². The molecular formula is C14H17Cl2IN2O. The number of alkyl halides is 1. The van der Waals surface area contributed by atoms with E-state index in [4.69, 9.17) is 23.2 Å². The minimum Gasteiger partial charge on any atom is -0.337 e. The first-order valence-corrected chi connectivity index (χ1v) is 8.63. The van der Waals surface area contributed by atoms with E-state index < -0.39 is 0 Å². The lowest BCUT2D eigenvalue weighted by molar-refractivity contribution is 0.0761. The van der Waals surface area contributed by atoms with E-state index in [-0.39, 0.29) is 5.91 Å². The van der Waals surface area contributed by atoms with Crippen LogP contribution < -0.4 is 0 Å². The minimum absolute atomic E-state index is 0.0737. The van der Waals surface area contributed by atoms with Crippen molar-refractivity contribution in [2.24, 2.45) is 0 Å². The fourth-order valence-electron chi connectivity index (χ4n) is 2.35. The summed E-state index contributed by atoms with van der Waals surface area (Å²) in [6, 6.07) is 5.45. The second-order valence-electron chi connectivity index (χ2n) is 4.80. The molecule has 0 N–H and O–H groups in total. The Bertz CT molecular complexity index is 484. The second kappa shape index (κ2) is 7.82. The van der Waals surface area contributed by atoms with Crippen LogP contribution in [0.4, 0.5) is 0 Å². The molecule has 1 aliphatic rings. The van der Waals surface area contributed by atoms with Gasteiger partial charge in [0, 0.05) is 40.7 Å². The van der Waals surface area contributed by atoms with Crippen LogP contribution in [0.1, 0.15) is 16.8 Å². The first-order valence-electron chi connectivity index (χ1n) is 6.64. The molecule has 3 nitrogen and oxygen atoms in total. The van der Waals surface area contributed by atoms with Crippen LogP contribution in [0.2, 0.25) is 5.02 Å². The number of amides is 1. The summed E-state index contributed by atoms with van der Waals surface area (Å²) in [6.07, 6.45) is 0.986. The summed E-state index contributed by atoms with van der Waals surface area (Å²) < 4.78 is 0.943. The quantitative estimate of drug-likeness (QED) is 0.546. The summed E-state index contributed by atoms with van der Waals surface area (Å²) >= 11 is 14.0. The van der Waals surface area contributed by atoms with Crippen LogP contribution in [-0.4, -0.2) is 54.3 Å². The number of nitrogens with zero attached hydrogens (tertiary/aromatic N) is 2. The predicted molar refractivity (Wildman–Crippen MR) is 91.8 cm³/mol. The standard InChI is InChI=1S/C14H17Cl2IN2O/c15-4-7-18-5-1-6-19(9-8-18)14(20)12-10-11(16)2-3-13(12)17/h2-3,10H,1,4-9H2. The number of hydrogen-bond acceptors (Lipinski definition) is 2. The zero-order valence-corrected chi connectivity index (χ0v) is 14.8. The van der Waals surface area contributed by atoms with Crippen molar-refractivity contribution in [3.05, 3.63) is 32.4 Å². The van der Waals surface area contributed by atoms with Gasteiger partial charge in [-0.15, -0.1) is 11.6 Å². The molecule has 0 aliphatic carbocycles. The highest BCUT2D eigenvalue weighted by Crippen LogP contribution is 2.20. The summed E-state index contributed by atoms with van der Waals surface area (Å²) in [5.74, 6) is 0.713. The zero-order chi connectivity index (χ0) is 14.5. The molecule has 1 amide bonds. The molecule has 0 radical (unpaired) electrons. The maximum absolute atomic E-state index is 12.6. The van der Waals surface area contributed by atoms with E-state index in [1.54, 1.807) is 6.07 Å². The van der Waals surface area contributed by atoms with Crippen LogP contribution in [0.25, 0.3) is 0 Å². The van der Waals surface area contributed by atoms with Crippen molar-refractivity contribution in [1.82, 2.24) is 9.80 Å². The maximum Gasteiger partial charge on any atom is 0.255 e. The van der Waals surface area contributed by atoms with Crippen molar-refractivity contribution < 1.29 is 4.79 Å². The number of rotatable bonds is 3. The van der Waals surface area contributed by atoms with Gasteiger partial charge in [0.05, 0.1) is 5.56 Å². The van der Waals surface area contributed by atoms with Gasteiger partial charge in [0.1, 0.15) is 0 Å². The van der Waals surface area contributed by atoms with Gasteiger partial charge in [-0.05, 0) is 53.8 Å². The van der Waals surface area contributed by atoms with Gasteiger partial charge in [0.25, 0.3) is 5.91 Å². The normalized spacial score (nSPS) is 17.1. The number of halogens is 3. The molecule has 6 heteroatoms. The Balaban J connectivity index is 2.07. The predicted octanol–water partition coefficient (Wildman–Crippen LogP) is 3.33. The molecule has 20 heavy (non-hydrogen) atoms. The van der Waals surface area contributed by atoms with E-state index in [1.807, 2.05) is 17.0 Å². The molecule has 1 aromatic rings. The average molecular weight is 427 g/mol. The highest BCUT2D eigenvalue weighted by atomic mass is 127. The molecule has 110 valence electrons. The molecule has 1 aromatic carbocycles. The summed E-state index contributed by atoms with van der Waals surface area (Å²) in [5, 5.41) is 0.604. The third-order valence-electron chi connectivity index (χ3n) is 3.44. The molecule has 0 aromatic heterocycles. The van der Waals surface area contributed by atoms with Crippen molar-refractivity contribution >= 4 is 51.7 Å². The topological polar surface area (TPSA) is 23.6 Å². The third-order valence-corrected chi connectivity index (χ3v) is 4.78. The van der Waals surface area contributed by atoms with Gasteiger partial charge in [-0.1, -0.05) is 11.6 Å². The van der Waals surface area contributed by atoms with Gasteiger partial charge in [-0.3, -0.25) is 4.79 Å². The maximum atomic E-state index is 12.6. The second-order valence-corrected chi connectivity index (χ2v) is 6.78. The van der Waals surface area contributed by atoms with E-state index in [0.29, 0.717) is 16.5 Å². The molecule has 0 bridgehead atoms. The molecule has 0 unspecified atom stereocenters. The van der Waals surface area contributed by atoms with Crippen LogP contribution >= 0.6 is 45.8 Å². The van der Waals surface area contributed by atoms with Gasteiger partial charge in [0.2, 0.25) is 0 Å². The van der Waals surface area contributed by atoms with Crippen molar-refractivity contribution in [3.8, 4) is 0 Å². The van der Waals surface area contributed by atoms with Gasteiger partial charge < -0.3 is 9.80 Å². The van der Waals surface area contributed by atoms with Gasteiger partial charge in [-0.25, -0.2) is 0 Å². The number of benzene rings is 1. The Morgan fingerprint density at radius 1 is 1.25 bits per heavy atom. The zero-order valence-electron chi connectivity index (χ0n) is 11.1. The largest absolute Gasteiger partial charge is 0.337 e. The summed E-state index contributed by atoms with van der Waals surface area (Å²) in [6.45, 7) is 4.32. The van der Waals surface area contributed by atoms with E-state index in [0.717, 1.165) is 42.7 Å². The molecule has 0 saturated carbocycles. The summed E-state index contributed by atoms with van der Waals surface area (Å²) in [7, 11) is 0. The number of carbonyl (C=O) groups excluding carboxylic acids is 1. The highest BCUT2D eigenvalue weighted by Gasteiger charge is 2.21. The fourth-order valence-corrected chi connectivity index (χ4v) is 3.33. The lowest BCUT2D eigenvalue weighted by atomic mass is 10.2. The average Bonchev–Trinajstić information content (AvgIpc) is 2.67. The lowest BCUT2D eigenvalue weighted by Gasteiger charge is -2.22. The molecule has 1 heterocycles. The first kappa shape index (κ1) is 16.3. The Morgan fingerprint density at radius 3 is 2.80 bits per heavy atom. The number of hydrogen-bond donors (Lipinski definition) is 0. The SMILES string of the molecule is O=C(c1cc(Cl)ccc1I)N1CCCN(CCCl)CC1. The minimum atomic E-state index is 0.0737. The lowest BCUT2D eigenvalue weighted by Crippen LogP contribution is -2.36. The van der Waals surface area contributed by atoms with Gasteiger partial charge in [0.15, 0.2) is 0 Å². The van der Waals surface area contributed by atoms with Crippen molar-refractivity contribution in [3.63, 3.8) is 0 Å². The Labute approximate surface area is 143 Å². The molecular weight excluding hydrogens is 410 g/mol. The molecule has 0 spiro atoms. The summed E-state index contributed by atoms with van der Waals surface area (Å²) in [5.41, 5.74) is 0.698. The molecule has 2 rings (SSSR count). The third kappa shape index (κ3) is 4.23. The van der Waals surface area contributed by atoms with Crippen LogP contribution in [0.3, 0.4) is 0 Å². The smallest absolute Gasteiger partial charge is 0.255 e. The van der Waals surface area contributed by atoms with Crippen LogP contribution in [0.15, 0.2) is 18.2 Å². The van der Waals surface area contributed by atoms with Crippen molar-refractivity contribution in [2.45, 2.75) is 6.42 Å². The summed E-state index contributed by atoms with van der Waals surface area (Å²) in [4.78, 5) is 16.8. The Kier molecular flexibility index (Phi) is 6.39. The van der Waals surface area contributed by atoms with Crippen LogP contribution in [-0.2, 0) is 0 Å². The van der Waals surface area contributed by atoms with E-state index >= 15 is 0 Å². The van der Waals surface area contributed by atoms with E-state index in [2.05, 4.69) is 27.5 Å². The number of carbonyl (C=O) groups is 1. The molecule has 1 saturated heterocycles. The Hall–Kier alpha value is -0.0400. The van der Waals surface area contributed by atoms with Crippen molar-refractivity contribution in [1.29, 1.82) is 0 Å². The van der Waals surface area contributed by atoms with Crippen LogP contribution in [0.5, 0.6) is 0 Å². The molecule has 0 atom stereocenters. The van der Waals surface area contributed by atoms with Gasteiger partial charge >= 0.3 is 0 Å². The van der Waals surface area contributed by atoms with E-state index in [1.165, 1.54) is 0 Å². The van der Waals surface area contributed by atoms with E-state index in [9.17, 15) is 4.79 Å². The van der Waals surface area contributed by atoms with Crippen LogP contribution in [0, 0.1) is 3.57 Å². The molecule has 1 fully saturated rings. The monoisotopic (exact) mass is 426 g/mol. The fraction of sp³-hybridized carbons (Fsp3) is 0.500. The molecule has 1 aliphatic heterocycles. The van der Waals surface area contributed by atoms with Crippen molar-refractivity contribution in [2.75, 3.05) is 38.6 Å². The highest BCUT2D eigenvalue weighted by molar-refractivity contribution is 14.1. The first-order chi connectivity index (χ1) is 9.61.